The third kappa shape index (κ3) is 3.02. The lowest BCUT2D eigenvalue weighted by molar-refractivity contribution is 0.0697. The average Bonchev–Trinajstić information content (AvgIpc) is 3.21. The van der Waals surface area contributed by atoms with E-state index in [0.717, 1.165) is 54.8 Å². The number of carboxylic acids is 1. The van der Waals surface area contributed by atoms with Crippen LogP contribution in [-0.4, -0.2) is 44.4 Å². The van der Waals surface area contributed by atoms with E-state index in [9.17, 15) is 9.90 Å². The van der Waals surface area contributed by atoms with Gasteiger partial charge in [-0.05, 0) is 62.5 Å². The van der Waals surface area contributed by atoms with Crippen molar-refractivity contribution in [3.8, 4) is 0 Å². The third-order valence-electron chi connectivity index (χ3n) is 5.11. The Morgan fingerprint density at radius 1 is 1.36 bits per heavy atom. The number of nitrogens with one attached hydrogen (secondary N) is 1. The maximum Gasteiger partial charge on any atom is 0.335 e. The van der Waals surface area contributed by atoms with E-state index in [0.29, 0.717) is 11.5 Å². The fourth-order valence-electron chi connectivity index (χ4n) is 3.62. The Morgan fingerprint density at radius 3 is 2.84 bits per heavy atom. The van der Waals surface area contributed by atoms with Crippen molar-refractivity contribution in [3.05, 3.63) is 46.9 Å². The molecule has 7 nitrogen and oxygen atoms in total. The Balaban J connectivity index is 1.49. The van der Waals surface area contributed by atoms with Crippen molar-refractivity contribution < 1.29 is 14.5 Å². The van der Waals surface area contributed by atoms with E-state index in [2.05, 4.69) is 20.2 Å². The lowest BCUT2D eigenvalue weighted by Crippen LogP contribution is -2.32. The van der Waals surface area contributed by atoms with E-state index in [-0.39, 0.29) is 0 Å². The maximum absolute atomic E-state index is 11.2. The quantitative estimate of drug-likeness (QED) is 0.758. The molecule has 0 radical (unpaired) electrons. The van der Waals surface area contributed by atoms with Crippen LogP contribution in [0.15, 0.2) is 29.0 Å². The van der Waals surface area contributed by atoms with Gasteiger partial charge in [-0.25, -0.2) is 9.42 Å². The van der Waals surface area contributed by atoms with Crippen LogP contribution in [0.25, 0.3) is 10.9 Å². The topological polar surface area (TPSA) is 95.3 Å². The number of aromatic nitrogens is 3. The highest BCUT2D eigenvalue weighted by molar-refractivity contribution is 5.94. The van der Waals surface area contributed by atoms with Gasteiger partial charge in [0.15, 0.2) is 0 Å². The van der Waals surface area contributed by atoms with Gasteiger partial charge >= 0.3 is 5.97 Å². The van der Waals surface area contributed by atoms with Crippen molar-refractivity contribution in [3.63, 3.8) is 0 Å². The fourth-order valence-corrected chi connectivity index (χ4v) is 3.62. The highest BCUT2D eigenvalue weighted by atomic mass is 16.6. The van der Waals surface area contributed by atoms with Crippen molar-refractivity contribution in [1.82, 2.24) is 20.2 Å². The minimum atomic E-state index is -0.888. The standard InChI is InChI=1S/C18H20N4O3/c1-11-17(21-25-20-11)10-22-6-4-12(5-7-22)15-9-19-16-3-2-13(18(23)24)8-14(15)16/h2-3,8-9,12,19H,4-7,10H2,1H3,(H,23,24). The summed E-state index contributed by atoms with van der Waals surface area (Å²) in [4.78, 5) is 16.9. The molecule has 0 saturated carbocycles. The summed E-state index contributed by atoms with van der Waals surface area (Å²) in [6.07, 6.45) is 4.10. The minimum absolute atomic E-state index is 0.333. The average molecular weight is 340 g/mol. The molecule has 0 bridgehead atoms. The summed E-state index contributed by atoms with van der Waals surface area (Å²) in [5.41, 5.74) is 4.29. The van der Waals surface area contributed by atoms with Gasteiger partial charge in [0.25, 0.3) is 0 Å². The van der Waals surface area contributed by atoms with Crippen molar-refractivity contribution in [2.24, 2.45) is 0 Å². The maximum atomic E-state index is 11.2. The molecule has 130 valence electrons. The first-order valence-electron chi connectivity index (χ1n) is 8.46. The molecule has 1 fully saturated rings. The molecule has 1 aliphatic rings. The second-order valence-corrected chi connectivity index (χ2v) is 6.66. The molecule has 0 spiro atoms. The summed E-state index contributed by atoms with van der Waals surface area (Å²) >= 11 is 0. The predicted molar refractivity (Wildman–Crippen MR) is 91.5 cm³/mol. The number of aryl methyl sites for hydroxylation is 1. The molecule has 2 N–H and O–H groups in total. The van der Waals surface area contributed by atoms with Gasteiger partial charge in [0.1, 0.15) is 11.4 Å². The first-order valence-corrected chi connectivity index (χ1v) is 8.46. The molecular weight excluding hydrogens is 320 g/mol. The van der Waals surface area contributed by atoms with E-state index >= 15 is 0 Å². The first-order chi connectivity index (χ1) is 12.1. The van der Waals surface area contributed by atoms with Crippen molar-refractivity contribution >= 4 is 16.9 Å². The molecule has 1 aliphatic heterocycles. The fraction of sp³-hybridized carbons (Fsp3) is 0.389. The predicted octanol–water partition coefficient (Wildman–Crippen LogP) is 2.94. The Hall–Kier alpha value is -2.67. The van der Waals surface area contributed by atoms with E-state index in [1.807, 2.05) is 19.2 Å². The van der Waals surface area contributed by atoms with Gasteiger partial charge in [-0.3, -0.25) is 4.90 Å². The summed E-state index contributed by atoms with van der Waals surface area (Å²) in [6, 6.07) is 5.26. The number of fused-ring (bicyclic) bond motifs is 1. The number of carbonyl (C=O) groups is 1. The number of rotatable bonds is 4. The van der Waals surface area contributed by atoms with Crippen LogP contribution in [0, 0.1) is 6.92 Å². The number of likely N-dealkylation sites (tertiary alicyclic amines) is 1. The van der Waals surface area contributed by atoms with Crippen molar-refractivity contribution in [1.29, 1.82) is 0 Å². The Kier molecular flexibility index (Phi) is 4.01. The molecule has 0 unspecified atom stereocenters. The molecule has 3 heterocycles. The molecule has 0 amide bonds. The summed E-state index contributed by atoms with van der Waals surface area (Å²) in [5, 5.41) is 18.0. The monoisotopic (exact) mass is 340 g/mol. The van der Waals surface area contributed by atoms with E-state index in [1.54, 1.807) is 12.1 Å². The third-order valence-corrected chi connectivity index (χ3v) is 5.11. The lowest BCUT2D eigenvalue weighted by atomic mass is 9.89. The van der Waals surface area contributed by atoms with Crippen LogP contribution in [0.3, 0.4) is 0 Å². The summed E-state index contributed by atoms with van der Waals surface area (Å²) in [6.45, 7) is 4.62. The Bertz CT molecular complexity index is 906. The van der Waals surface area contributed by atoms with Gasteiger partial charge in [-0.1, -0.05) is 10.3 Å². The van der Waals surface area contributed by atoms with Crippen LogP contribution < -0.4 is 0 Å². The van der Waals surface area contributed by atoms with Crippen LogP contribution in [0.1, 0.15) is 46.1 Å². The van der Waals surface area contributed by atoms with Gasteiger partial charge < -0.3 is 10.1 Å². The molecule has 2 aromatic heterocycles. The second-order valence-electron chi connectivity index (χ2n) is 6.66. The highest BCUT2D eigenvalue weighted by Crippen LogP contribution is 2.34. The normalized spacial score (nSPS) is 16.5. The SMILES string of the molecule is Cc1nonc1CN1CCC(c2c[nH]c3ccc(C(=O)O)cc23)CC1. The van der Waals surface area contributed by atoms with Gasteiger partial charge in [0.2, 0.25) is 0 Å². The summed E-state index contributed by atoms with van der Waals surface area (Å²) in [5.74, 6) is -0.453. The lowest BCUT2D eigenvalue weighted by Gasteiger charge is -2.31. The Labute approximate surface area is 144 Å². The smallest absolute Gasteiger partial charge is 0.335 e. The van der Waals surface area contributed by atoms with E-state index in [4.69, 9.17) is 4.63 Å². The molecule has 0 atom stereocenters. The van der Waals surface area contributed by atoms with Crippen molar-refractivity contribution in [2.45, 2.75) is 32.2 Å². The van der Waals surface area contributed by atoms with Crippen LogP contribution in [0.2, 0.25) is 0 Å². The van der Waals surface area contributed by atoms with Crippen LogP contribution in [0.4, 0.5) is 0 Å². The molecule has 7 heteroatoms. The summed E-state index contributed by atoms with van der Waals surface area (Å²) in [7, 11) is 0. The zero-order valence-electron chi connectivity index (χ0n) is 14.0. The largest absolute Gasteiger partial charge is 0.478 e. The number of nitrogens with zero attached hydrogens (tertiary/aromatic N) is 3. The Morgan fingerprint density at radius 2 is 2.16 bits per heavy atom. The van der Waals surface area contributed by atoms with Crippen molar-refractivity contribution in [2.75, 3.05) is 13.1 Å². The van der Waals surface area contributed by atoms with Crippen LogP contribution >= 0.6 is 0 Å². The first kappa shape index (κ1) is 15.8. The molecule has 1 saturated heterocycles. The molecular formula is C18H20N4O3. The molecule has 1 aromatic carbocycles. The molecule has 25 heavy (non-hydrogen) atoms. The number of aromatic amines is 1. The molecule has 4 rings (SSSR count). The van der Waals surface area contributed by atoms with E-state index in [1.165, 1.54) is 5.56 Å². The number of aromatic carboxylic acids is 1. The summed E-state index contributed by atoms with van der Waals surface area (Å²) < 4.78 is 4.77. The number of H-pyrrole nitrogens is 1. The van der Waals surface area contributed by atoms with Gasteiger partial charge in [-0.2, -0.15) is 0 Å². The number of carboxylic acid groups (broad SMARTS) is 1. The van der Waals surface area contributed by atoms with Gasteiger partial charge in [0, 0.05) is 23.6 Å². The number of piperidine rings is 1. The number of benzene rings is 1. The second kappa shape index (κ2) is 6.33. The number of hydrogen-bond donors (Lipinski definition) is 2. The zero-order chi connectivity index (χ0) is 17.4. The molecule has 0 aliphatic carbocycles. The zero-order valence-corrected chi connectivity index (χ0v) is 14.0. The van der Waals surface area contributed by atoms with Crippen LogP contribution in [0.5, 0.6) is 0 Å². The number of hydrogen-bond acceptors (Lipinski definition) is 5. The minimum Gasteiger partial charge on any atom is -0.478 e. The van der Waals surface area contributed by atoms with Gasteiger partial charge in [-0.15, -0.1) is 0 Å². The molecule has 3 aromatic rings. The van der Waals surface area contributed by atoms with Gasteiger partial charge in [0.05, 0.1) is 5.56 Å². The van der Waals surface area contributed by atoms with Crippen LogP contribution in [-0.2, 0) is 6.54 Å². The highest BCUT2D eigenvalue weighted by Gasteiger charge is 2.24. The van der Waals surface area contributed by atoms with E-state index < -0.39 is 5.97 Å².